The molecule has 6 aromatic rings. The zero-order valence-electron chi connectivity index (χ0n) is 70.3. The molecule has 102 heavy (non-hydrogen) atoms. The molecule has 0 radical (unpaired) electrons. The summed E-state index contributed by atoms with van der Waals surface area (Å²) in [5.41, 5.74) is 4.01. The van der Waals surface area contributed by atoms with Crippen molar-refractivity contribution in [2.45, 2.75) is 116 Å². The fourth-order valence-electron chi connectivity index (χ4n) is 12.6. The number of nitrogens with zero attached hydrogens (tertiary/aromatic N) is 6. The van der Waals surface area contributed by atoms with Gasteiger partial charge >= 0.3 is 0 Å². The summed E-state index contributed by atoms with van der Waals surface area (Å²) in [7, 11) is 0. The van der Waals surface area contributed by atoms with Crippen LogP contribution in [0.15, 0.2) is 164 Å². The zero-order chi connectivity index (χ0) is 84.2. The van der Waals surface area contributed by atoms with Gasteiger partial charge in [-0.25, -0.2) is 0 Å². The highest BCUT2D eigenvalue weighted by atomic mass is 16.5. The predicted molar refractivity (Wildman–Crippen MR) is 371 cm³/mol. The number of ether oxygens (including phenoxy) is 6. The third-order valence-corrected chi connectivity index (χ3v) is 17.9. The molecule has 528 valence electrons. The van der Waals surface area contributed by atoms with Crippen LogP contribution in [-0.2, 0) is 102 Å². The number of morpholine rings is 3. The maximum atomic E-state index is 13.1. The summed E-state index contributed by atoms with van der Waals surface area (Å²) in [6.07, 6.45) is 3.02. The molecule has 15 rings (SSSR count). The Morgan fingerprint density at radius 1 is 0.402 bits per heavy atom. The number of carbonyl (C=O) groups is 9. The van der Waals surface area contributed by atoms with Crippen LogP contribution in [0.4, 0.5) is 0 Å². The zero-order valence-corrected chi connectivity index (χ0v) is 55.3. The van der Waals surface area contributed by atoms with E-state index in [2.05, 4.69) is 35.7 Å². The first-order valence-electron chi connectivity index (χ1n) is 40.7. The fraction of sp³-hybridized carbons (Fsp3) is 0.346. The van der Waals surface area contributed by atoms with E-state index in [4.69, 9.17) is 49.0 Å². The molecule has 0 saturated carbocycles. The molecule has 6 fully saturated rings. The Bertz CT molecular complexity index is 4960. The van der Waals surface area contributed by atoms with Crippen molar-refractivity contribution >= 4 is 53.2 Å². The molecule has 9 heterocycles. The van der Waals surface area contributed by atoms with Crippen LogP contribution in [0, 0.1) is 0 Å². The number of hydrogen-bond donors (Lipinski definition) is 3. The Hall–Kier alpha value is -11.0. The van der Waals surface area contributed by atoms with Gasteiger partial charge in [0.25, 0.3) is 17.7 Å². The minimum Gasteiger partial charge on any atom is -0.489 e. The number of piperidine rings is 3. The largest absolute Gasteiger partial charge is 0.489 e. The summed E-state index contributed by atoms with van der Waals surface area (Å²) in [4.78, 5) is 121. The van der Waals surface area contributed by atoms with Crippen molar-refractivity contribution in [2.75, 3.05) is 59.3 Å². The minimum atomic E-state index is -2.34. The molecular formula is C78H81N9O15. The van der Waals surface area contributed by atoms with Crippen LogP contribution in [0.25, 0.3) is 0 Å². The molecule has 9 aliphatic rings. The van der Waals surface area contributed by atoms with Crippen molar-refractivity contribution in [3.8, 4) is 17.2 Å². The Kier molecular flexibility index (Phi) is 16.3. The van der Waals surface area contributed by atoms with Gasteiger partial charge in [0, 0.05) is 89.6 Å². The predicted octanol–water partition coefficient (Wildman–Crippen LogP) is 7.12. The molecule has 6 atom stereocenters. The van der Waals surface area contributed by atoms with Crippen LogP contribution in [-0.4, -0.2) is 160 Å². The van der Waals surface area contributed by atoms with Gasteiger partial charge < -0.3 is 73.8 Å². The number of fused-ring (bicyclic) bond motifs is 3. The number of nitrogens with one attached hydrogen (secondary N) is 3. The van der Waals surface area contributed by atoms with E-state index in [9.17, 15) is 43.2 Å². The SMILES string of the molecule is [2H]c1c(C([2H])Oc2cccc3c2CN(C2CCC(=C)NC2=O)C3=O)ccc(C([2H])([2H])N2CCOCC2=O)c1[2H].[2H]c1cc(C([2H])([2H])N2CCOCC2=O)c([2H])cc1C([2H])Oc1cccc2c1CN(C1CCC(=C)NC1=O)C2=O.[2H]c1cc(C([2H])([2H])N2CCOCC2=O)cc([2H])c1C([2H])Oc1cccc2c1CN(C1CCC(=C)NC1=O)C2=O. The smallest absolute Gasteiger partial charge is 0.255 e. The third-order valence-electron chi connectivity index (χ3n) is 17.9. The van der Waals surface area contributed by atoms with Crippen LogP contribution in [0.2, 0.25) is 0 Å². The molecule has 6 aromatic carbocycles. The minimum absolute atomic E-state index is 0.0106. The maximum absolute atomic E-state index is 13.1. The first-order valence-corrected chi connectivity index (χ1v) is 33.0. The summed E-state index contributed by atoms with van der Waals surface area (Å²) in [6.45, 7) is 0.0517. The molecule has 9 amide bonds. The Morgan fingerprint density at radius 2 is 0.716 bits per heavy atom. The second kappa shape index (κ2) is 31.3. The van der Waals surface area contributed by atoms with E-state index in [1.54, 1.807) is 54.6 Å². The van der Waals surface area contributed by atoms with E-state index in [0.717, 1.165) is 20.8 Å². The summed E-state index contributed by atoms with van der Waals surface area (Å²) >= 11 is 0. The van der Waals surface area contributed by atoms with Gasteiger partial charge in [0.2, 0.25) is 35.4 Å². The summed E-state index contributed by atoms with van der Waals surface area (Å²) in [5.74, 6) is -2.79. The lowest BCUT2D eigenvalue weighted by Crippen LogP contribution is -2.49. The highest BCUT2D eigenvalue weighted by Crippen LogP contribution is 2.38. The average Bonchev–Trinajstić information content (AvgIpc) is 1.50. The van der Waals surface area contributed by atoms with E-state index in [-0.39, 0.29) is 189 Å². The lowest BCUT2D eigenvalue weighted by atomic mass is 10.0. The first-order chi connectivity index (χ1) is 55.5. The van der Waals surface area contributed by atoms with Crippen molar-refractivity contribution < 1.29 is 92.1 Å². The number of benzene rings is 6. The molecule has 0 spiro atoms. The summed E-state index contributed by atoms with van der Waals surface area (Å²) in [6, 6.07) is 17.9. The Labute approximate surface area is 611 Å². The lowest BCUT2D eigenvalue weighted by Gasteiger charge is -2.31. The number of hydrogen-bond acceptors (Lipinski definition) is 15. The molecular weight excluding hydrogens is 1300 g/mol. The molecule has 6 saturated heterocycles. The van der Waals surface area contributed by atoms with Crippen molar-refractivity contribution in [1.82, 2.24) is 45.3 Å². The van der Waals surface area contributed by atoms with E-state index < -0.39 is 87.2 Å². The molecule has 9 aliphatic heterocycles. The van der Waals surface area contributed by atoms with Gasteiger partial charge in [-0.05, 0) is 108 Å². The van der Waals surface area contributed by atoms with Gasteiger partial charge in [-0.2, -0.15) is 0 Å². The maximum Gasteiger partial charge on any atom is 0.255 e. The molecule has 0 aliphatic carbocycles. The van der Waals surface area contributed by atoms with Gasteiger partial charge in [0.05, 0.1) is 60.0 Å². The van der Waals surface area contributed by atoms with Crippen LogP contribution in [0.3, 0.4) is 0 Å². The second-order valence-electron chi connectivity index (χ2n) is 24.8. The highest BCUT2D eigenvalue weighted by Gasteiger charge is 2.43. The van der Waals surface area contributed by atoms with Gasteiger partial charge in [-0.15, -0.1) is 0 Å². The van der Waals surface area contributed by atoms with E-state index in [0.29, 0.717) is 89.0 Å². The Balaban J connectivity index is 0.000000152. The van der Waals surface area contributed by atoms with Gasteiger partial charge in [0.15, 0.2) is 0 Å². The second-order valence-corrected chi connectivity index (χ2v) is 24.8. The first kappa shape index (κ1) is 53.0. The van der Waals surface area contributed by atoms with Crippen LogP contribution in [0.5, 0.6) is 17.2 Å². The number of amides is 9. The van der Waals surface area contributed by atoms with Crippen molar-refractivity contribution in [3.05, 3.63) is 231 Å². The van der Waals surface area contributed by atoms with Crippen molar-refractivity contribution in [1.29, 1.82) is 0 Å². The monoisotopic (exact) mass is 1400 g/mol. The van der Waals surface area contributed by atoms with Crippen LogP contribution >= 0.6 is 0 Å². The van der Waals surface area contributed by atoms with Gasteiger partial charge in [0.1, 0.15) is 74.9 Å². The fourth-order valence-corrected chi connectivity index (χ4v) is 12.6. The van der Waals surface area contributed by atoms with Crippen molar-refractivity contribution in [2.24, 2.45) is 0 Å². The average molecular weight is 1400 g/mol. The van der Waals surface area contributed by atoms with Crippen LogP contribution in [0.1, 0.15) is 140 Å². The quantitative estimate of drug-likeness (QED) is 0.0774. The molecule has 6 unspecified atom stereocenters. The summed E-state index contributed by atoms with van der Waals surface area (Å²) in [5, 5.41) is 8.07. The molecule has 3 N–H and O–H groups in total. The molecule has 0 aromatic heterocycles. The summed E-state index contributed by atoms with van der Waals surface area (Å²) < 4.78 is 160. The number of rotatable bonds is 18. The van der Waals surface area contributed by atoms with Gasteiger partial charge in [-0.3, -0.25) is 43.2 Å². The highest BCUT2D eigenvalue weighted by molar-refractivity contribution is 6.04. The molecule has 24 nitrogen and oxygen atoms in total. The van der Waals surface area contributed by atoms with Gasteiger partial charge in [-0.1, -0.05) is 111 Å². The standard InChI is InChI=1S/3C26H27N3O5/c3*1-17-5-10-22(25(31)27-17)29-14-21-20(26(29)32)3-2-4-23(21)34-15-19-8-6-18(7-9-19)13-28-11-12-33-16-24(28)30/h3*2-4,6-9,22H,1,5,10-16H2,(H,27,31)/i8D,9D,13D2,15D;6D,9D,13D2,15D;6D,8D,13D2,15D. The van der Waals surface area contributed by atoms with E-state index >= 15 is 0 Å². The van der Waals surface area contributed by atoms with E-state index in [1.165, 1.54) is 45.0 Å². The molecule has 0 bridgehead atoms. The topological polar surface area (TPSA) is 265 Å². The van der Waals surface area contributed by atoms with Crippen molar-refractivity contribution in [3.63, 3.8) is 0 Å². The lowest BCUT2D eigenvalue weighted by molar-refractivity contribution is -0.144. The normalized spacial score (nSPS) is 23.9. The number of carbonyl (C=O) groups excluding carboxylic acids is 9. The third kappa shape index (κ3) is 15.9. The number of allylic oxidation sites excluding steroid dienone is 3. The molecule has 24 heteroatoms. The Morgan fingerprint density at radius 3 is 1.11 bits per heavy atom. The van der Waals surface area contributed by atoms with Crippen LogP contribution < -0.4 is 30.2 Å². The van der Waals surface area contributed by atoms with E-state index in [1.807, 2.05) is 0 Å².